The highest BCUT2D eigenvalue weighted by atomic mass is 35.5. The van der Waals surface area contributed by atoms with Crippen LogP contribution in [0.4, 0.5) is 4.79 Å². The molecule has 1 aromatic carbocycles. The van der Waals surface area contributed by atoms with Crippen molar-refractivity contribution in [3.8, 4) is 5.75 Å². The second-order valence-corrected chi connectivity index (χ2v) is 14.2. The lowest BCUT2D eigenvalue weighted by atomic mass is 9.43. The van der Waals surface area contributed by atoms with Gasteiger partial charge in [-0.25, -0.2) is 9.59 Å². The van der Waals surface area contributed by atoms with E-state index >= 15 is 0 Å². The van der Waals surface area contributed by atoms with Crippen molar-refractivity contribution in [1.82, 2.24) is 0 Å². The molecule has 1 saturated heterocycles. The Balaban J connectivity index is 1.61. The van der Waals surface area contributed by atoms with Gasteiger partial charge in [0, 0.05) is 4.90 Å². The molecule has 5 atom stereocenters. The second kappa shape index (κ2) is 11.5. The van der Waals surface area contributed by atoms with Crippen LogP contribution in [0.2, 0.25) is 0 Å². The van der Waals surface area contributed by atoms with Gasteiger partial charge in [-0.2, -0.15) is 0 Å². The number of thioether (sulfide) groups is 1. The summed E-state index contributed by atoms with van der Waals surface area (Å²) in [6, 6.07) is 3.66. The van der Waals surface area contributed by atoms with E-state index in [4.69, 9.17) is 35.1 Å². The van der Waals surface area contributed by atoms with Crippen molar-refractivity contribution >= 4 is 42.6 Å². The van der Waals surface area contributed by atoms with Gasteiger partial charge in [-0.3, -0.25) is 0 Å². The van der Waals surface area contributed by atoms with Crippen molar-refractivity contribution in [3.63, 3.8) is 0 Å². The topological polar surface area (TPSA) is 80.3 Å². The summed E-state index contributed by atoms with van der Waals surface area (Å²) in [6.45, 7) is 14.3. The Kier molecular flexibility index (Phi) is 8.97. The van der Waals surface area contributed by atoms with E-state index in [1.54, 1.807) is 20.8 Å². The standard InChI is InChI=1S/C29H42BClO7S/c1-9-10-13-34-25(32)23-19(39-8)12-11-17(24(23)35-26(33)36-27(2,3)4)14-22(31)30-37-21-16-18-15-20(28(18,5)6)29(21,7)38-30/h11-12,18,20-22H,9-10,13-16H2,1-8H3/t18?,20?,21?,22-,29+/m1/s1. The average Bonchev–Trinajstić information content (AvgIpc) is 3.21. The van der Waals surface area contributed by atoms with Crippen molar-refractivity contribution < 1.29 is 33.1 Å². The fraction of sp³-hybridized carbons (Fsp3) is 0.724. The minimum Gasteiger partial charge on any atom is -0.462 e. The highest BCUT2D eigenvalue weighted by molar-refractivity contribution is 7.98. The number of esters is 1. The molecule has 39 heavy (non-hydrogen) atoms. The molecule has 0 amide bonds. The van der Waals surface area contributed by atoms with Crippen LogP contribution in [0.1, 0.15) is 90.1 Å². The maximum Gasteiger partial charge on any atom is 0.514 e. The molecule has 1 aromatic rings. The summed E-state index contributed by atoms with van der Waals surface area (Å²) in [5.41, 5.74) is -0.152. The number of carbonyl (C=O) groups excluding carboxylic acids is 2. The molecular formula is C29H42BClO7S. The van der Waals surface area contributed by atoms with Crippen LogP contribution < -0.4 is 4.74 Å². The summed E-state index contributed by atoms with van der Waals surface area (Å²) < 4.78 is 29.6. The number of alkyl halides is 1. The number of ether oxygens (including phenoxy) is 3. The molecule has 216 valence electrons. The van der Waals surface area contributed by atoms with Crippen molar-refractivity contribution in [3.05, 3.63) is 23.3 Å². The van der Waals surface area contributed by atoms with Crippen LogP contribution in [0.15, 0.2) is 17.0 Å². The molecule has 4 aliphatic rings. The molecule has 3 unspecified atom stereocenters. The first-order chi connectivity index (χ1) is 18.2. The Hall–Kier alpha value is -1.42. The van der Waals surface area contributed by atoms with E-state index in [-0.39, 0.29) is 41.5 Å². The Morgan fingerprint density at radius 1 is 1.23 bits per heavy atom. The number of rotatable bonds is 9. The number of halogens is 1. The van der Waals surface area contributed by atoms with E-state index in [0.717, 1.165) is 25.7 Å². The predicted molar refractivity (Wildman–Crippen MR) is 154 cm³/mol. The molecule has 5 rings (SSSR count). The van der Waals surface area contributed by atoms with Crippen LogP contribution in [0.3, 0.4) is 0 Å². The smallest absolute Gasteiger partial charge is 0.462 e. The van der Waals surface area contributed by atoms with Crippen LogP contribution >= 0.6 is 23.4 Å². The highest BCUT2D eigenvalue weighted by Gasteiger charge is 2.68. The lowest BCUT2D eigenvalue weighted by Crippen LogP contribution is -2.65. The quantitative estimate of drug-likeness (QED) is 0.0764. The van der Waals surface area contributed by atoms with E-state index in [1.807, 2.05) is 25.3 Å². The first-order valence-electron chi connectivity index (χ1n) is 14.0. The predicted octanol–water partition coefficient (Wildman–Crippen LogP) is 7.10. The van der Waals surface area contributed by atoms with Crippen molar-refractivity contribution in [2.24, 2.45) is 17.3 Å². The van der Waals surface area contributed by atoms with Crippen LogP contribution in [0.25, 0.3) is 0 Å². The average molecular weight is 581 g/mol. The van der Waals surface area contributed by atoms with E-state index < -0.39 is 30.1 Å². The summed E-state index contributed by atoms with van der Waals surface area (Å²) in [5.74, 6) is 0.603. The van der Waals surface area contributed by atoms with Crippen molar-refractivity contribution in [2.75, 3.05) is 12.9 Å². The number of benzene rings is 1. The third kappa shape index (κ3) is 6.12. The van der Waals surface area contributed by atoms with Gasteiger partial charge in [-0.05, 0) is 88.5 Å². The molecule has 0 aromatic heterocycles. The van der Waals surface area contributed by atoms with E-state index in [0.29, 0.717) is 22.3 Å². The first kappa shape index (κ1) is 30.5. The van der Waals surface area contributed by atoms with Crippen LogP contribution in [-0.2, 0) is 25.2 Å². The van der Waals surface area contributed by atoms with Crippen LogP contribution in [-0.4, -0.2) is 54.7 Å². The van der Waals surface area contributed by atoms with Gasteiger partial charge >= 0.3 is 19.2 Å². The van der Waals surface area contributed by atoms with Crippen molar-refractivity contribution in [1.29, 1.82) is 0 Å². The molecule has 0 N–H and O–H groups in total. The zero-order chi connectivity index (χ0) is 28.8. The van der Waals surface area contributed by atoms with Gasteiger partial charge in [-0.15, -0.1) is 23.4 Å². The molecule has 3 aliphatic carbocycles. The Bertz CT molecular complexity index is 1090. The largest absolute Gasteiger partial charge is 0.514 e. The Labute approximate surface area is 242 Å². The van der Waals surface area contributed by atoms with Crippen LogP contribution in [0.5, 0.6) is 5.75 Å². The minimum atomic E-state index is -0.898. The number of hydrogen-bond acceptors (Lipinski definition) is 8. The second-order valence-electron chi connectivity index (χ2n) is 12.7. The zero-order valence-corrected chi connectivity index (χ0v) is 26.0. The normalized spacial score (nSPS) is 27.8. The van der Waals surface area contributed by atoms with Gasteiger partial charge in [0.25, 0.3) is 0 Å². The SMILES string of the molecule is CCCCOC(=O)c1c(SC)ccc(C[C@@H](Cl)B2OC3CC4CC(C4(C)C)[C@]3(C)O2)c1OC(=O)OC(C)(C)C. The summed E-state index contributed by atoms with van der Waals surface area (Å²) in [4.78, 5) is 26.7. The monoisotopic (exact) mass is 580 g/mol. The molecule has 7 nitrogen and oxygen atoms in total. The molecule has 4 fully saturated rings. The maximum atomic E-state index is 13.2. The van der Waals surface area contributed by atoms with Gasteiger partial charge in [0.1, 0.15) is 11.2 Å². The summed E-state index contributed by atoms with van der Waals surface area (Å²) in [6.07, 6.45) is 4.95. The number of carbonyl (C=O) groups is 2. The summed E-state index contributed by atoms with van der Waals surface area (Å²) in [7, 11) is -0.619. The zero-order valence-electron chi connectivity index (χ0n) is 24.4. The highest BCUT2D eigenvalue weighted by Crippen LogP contribution is 2.65. The van der Waals surface area contributed by atoms with E-state index in [1.165, 1.54) is 11.8 Å². The first-order valence-corrected chi connectivity index (χ1v) is 15.6. The van der Waals surface area contributed by atoms with Gasteiger partial charge in [-0.1, -0.05) is 33.3 Å². The fourth-order valence-electron chi connectivity index (χ4n) is 6.34. The molecule has 0 spiro atoms. The molecule has 3 saturated carbocycles. The third-order valence-corrected chi connectivity index (χ3v) is 9.75. The molecule has 2 bridgehead atoms. The molecular weight excluding hydrogens is 539 g/mol. The van der Waals surface area contributed by atoms with Gasteiger partial charge in [0.15, 0.2) is 5.75 Å². The molecule has 0 radical (unpaired) electrons. The van der Waals surface area contributed by atoms with Gasteiger partial charge in [0.05, 0.1) is 23.6 Å². The third-order valence-electron chi connectivity index (χ3n) is 8.61. The number of hydrogen-bond donors (Lipinski definition) is 0. The summed E-state index contributed by atoms with van der Waals surface area (Å²) in [5, 5.41) is -0.571. The minimum absolute atomic E-state index is 0.000908. The lowest BCUT2D eigenvalue weighted by Gasteiger charge is -2.64. The van der Waals surface area contributed by atoms with Crippen LogP contribution in [0, 0.1) is 17.3 Å². The van der Waals surface area contributed by atoms with E-state index in [9.17, 15) is 9.59 Å². The maximum absolute atomic E-state index is 13.2. The van der Waals surface area contributed by atoms with Crippen molar-refractivity contribution in [2.45, 2.75) is 108 Å². The Morgan fingerprint density at radius 3 is 2.56 bits per heavy atom. The van der Waals surface area contributed by atoms with E-state index in [2.05, 4.69) is 20.8 Å². The fourth-order valence-corrected chi connectivity index (χ4v) is 7.20. The lowest BCUT2D eigenvalue weighted by molar-refractivity contribution is -0.199. The molecule has 1 aliphatic heterocycles. The van der Waals surface area contributed by atoms with Gasteiger partial charge in [0.2, 0.25) is 0 Å². The van der Waals surface area contributed by atoms with Gasteiger partial charge < -0.3 is 23.5 Å². The summed E-state index contributed by atoms with van der Waals surface area (Å²) >= 11 is 8.33. The number of unbranched alkanes of at least 4 members (excludes halogenated alkanes) is 1. The molecule has 1 heterocycles. The molecule has 10 heteroatoms. The Morgan fingerprint density at radius 2 is 1.95 bits per heavy atom.